The second kappa shape index (κ2) is 12.7. The highest BCUT2D eigenvalue weighted by Gasteiger charge is 2.25. The van der Waals surface area contributed by atoms with Crippen LogP contribution in [0.2, 0.25) is 0 Å². The summed E-state index contributed by atoms with van der Waals surface area (Å²) in [5.74, 6) is -3.28. The molecule has 0 amide bonds. The summed E-state index contributed by atoms with van der Waals surface area (Å²) in [5, 5.41) is 18.2. The normalized spacial score (nSPS) is 12.8. The number of nitrogens with one attached hydrogen (secondary N) is 1. The third-order valence-electron chi connectivity index (χ3n) is 5.34. The summed E-state index contributed by atoms with van der Waals surface area (Å²) >= 11 is 0. The second-order valence-corrected chi connectivity index (χ2v) is 13.1. The molecule has 0 saturated heterocycles. The molecule has 0 aliphatic heterocycles. The van der Waals surface area contributed by atoms with E-state index in [0.29, 0.717) is 10.8 Å². The van der Waals surface area contributed by atoms with E-state index in [0.717, 1.165) is 11.6 Å². The molecule has 3 aromatic rings. The molecular formula is C23H26N2O12S3. The number of aryl methyl sites for hydroxylation is 1. The number of sulfonamides is 1. The van der Waals surface area contributed by atoms with E-state index in [2.05, 4.69) is 0 Å². The lowest BCUT2D eigenvalue weighted by molar-refractivity contribution is -0.140. The number of fused-ring (bicyclic) bond motifs is 1. The highest BCUT2D eigenvalue weighted by molar-refractivity contribution is 7.89. The van der Waals surface area contributed by atoms with E-state index in [1.54, 1.807) is 19.1 Å². The van der Waals surface area contributed by atoms with Crippen LogP contribution in [-0.2, 0) is 45.6 Å². The van der Waals surface area contributed by atoms with Crippen molar-refractivity contribution in [2.45, 2.75) is 41.4 Å². The molecule has 40 heavy (non-hydrogen) atoms. The van der Waals surface area contributed by atoms with Crippen molar-refractivity contribution in [2.75, 3.05) is 5.73 Å². The first kappa shape index (κ1) is 32.6. The first-order valence-electron chi connectivity index (χ1n) is 11.1. The summed E-state index contributed by atoms with van der Waals surface area (Å²) in [6.07, 6.45) is -0.761. The fraction of sp³-hybridized carbons (Fsp3) is 0.217. The second-order valence-electron chi connectivity index (χ2n) is 8.48. The Morgan fingerprint density at radius 2 is 1.45 bits per heavy atom. The summed E-state index contributed by atoms with van der Waals surface area (Å²) in [4.78, 5) is 21.0. The molecule has 17 heteroatoms. The minimum atomic E-state index is -4.35. The molecule has 7 N–H and O–H groups in total. The lowest BCUT2D eigenvalue weighted by Gasteiger charge is -2.14. The zero-order valence-corrected chi connectivity index (χ0v) is 23.2. The molecule has 0 unspecified atom stereocenters. The van der Waals surface area contributed by atoms with Crippen LogP contribution in [0.25, 0.3) is 10.8 Å². The zero-order valence-electron chi connectivity index (χ0n) is 20.8. The van der Waals surface area contributed by atoms with Crippen molar-refractivity contribution in [3.05, 3.63) is 65.7 Å². The molecule has 3 aromatic carbocycles. The van der Waals surface area contributed by atoms with Gasteiger partial charge in [-0.2, -0.15) is 21.6 Å². The van der Waals surface area contributed by atoms with Crippen molar-refractivity contribution in [3.8, 4) is 0 Å². The van der Waals surface area contributed by atoms with Crippen molar-refractivity contribution < 1.29 is 54.2 Å². The highest BCUT2D eigenvalue weighted by atomic mass is 32.2. The number of benzene rings is 3. The number of nitrogen functional groups attached to an aromatic ring is 1. The Labute approximate surface area is 230 Å². The Morgan fingerprint density at radius 3 is 1.95 bits per heavy atom. The van der Waals surface area contributed by atoms with Gasteiger partial charge in [0.2, 0.25) is 10.0 Å². The van der Waals surface area contributed by atoms with Crippen molar-refractivity contribution in [3.63, 3.8) is 0 Å². The standard InChI is InChI=1S/C12H15NO6S.C11H11NO6S2/c1-8-2-4-9(5-3-8)20(18,19)13-10(12(16)17)6-7-11(14)15;12-11-4-1-7-5-8(20(16,17)18)2-3-9(7)10(11)6-19(13,14)15/h2-5,10,13H,6-7H2,1H3,(H,14,15)(H,16,17);1-5H,6,12H2,(H,13,14,15)(H,16,17,18)/t10-;/m1./s1. The number of carboxylic acids is 2. The van der Waals surface area contributed by atoms with Crippen molar-refractivity contribution in [1.29, 1.82) is 0 Å². The van der Waals surface area contributed by atoms with E-state index < -0.39 is 60.4 Å². The maximum Gasteiger partial charge on any atom is 0.321 e. The quantitative estimate of drug-likeness (QED) is 0.140. The van der Waals surface area contributed by atoms with Gasteiger partial charge in [0.15, 0.2) is 0 Å². The number of carboxylic acid groups (broad SMARTS) is 2. The largest absolute Gasteiger partial charge is 0.481 e. The number of hydrogen-bond donors (Lipinski definition) is 6. The van der Waals surface area contributed by atoms with E-state index in [4.69, 9.17) is 25.1 Å². The maximum absolute atomic E-state index is 12.0. The first-order valence-corrected chi connectivity index (χ1v) is 15.6. The summed E-state index contributed by atoms with van der Waals surface area (Å²) in [7, 11) is -12.6. The van der Waals surface area contributed by atoms with Crippen LogP contribution in [-0.4, -0.2) is 62.6 Å². The lowest BCUT2D eigenvalue weighted by atomic mass is 10.0. The molecule has 0 fully saturated rings. The number of carbonyl (C=O) groups is 2. The molecule has 0 radical (unpaired) electrons. The molecule has 0 saturated carbocycles. The SMILES string of the molecule is Cc1ccc(S(=O)(=O)N[C@H](CCC(=O)O)C(=O)O)cc1.Nc1ccc2cc(S(=O)(=O)O)ccc2c1CS(=O)(=O)O. The fourth-order valence-electron chi connectivity index (χ4n) is 3.37. The van der Waals surface area contributed by atoms with Crippen LogP contribution in [0.4, 0.5) is 5.69 Å². The molecule has 0 bridgehead atoms. The predicted molar refractivity (Wildman–Crippen MR) is 143 cm³/mol. The number of hydrogen-bond acceptors (Lipinski definition) is 9. The molecular weight excluding hydrogens is 592 g/mol. The number of aliphatic carboxylic acids is 2. The monoisotopic (exact) mass is 618 g/mol. The van der Waals surface area contributed by atoms with Gasteiger partial charge in [0.05, 0.1) is 9.79 Å². The Bertz CT molecular complexity index is 1740. The average Bonchev–Trinajstić information content (AvgIpc) is 2.82. The van der Waals surface area contributed by atoms with Crippen molar-refractivity contribution >= 4 is 58.7 Å². The van der Waals surface area contributed by atoms with Crippen molar-refractivity contribution in [2.24, 2.45) is 0 Å². The molecule has 3 rings (SSSR count). The van der Waals surface area contributed by atoms with Gasteiger partial charge in [0.25, 0.3) is 20.2 Å². The first-order chi connectivity index (χ1) is 18.3. The lowest BCUT2D eigenvalue weighted by Crippen LogP contribution is -2.41. The molecule has 218 valence electrons. The molecule has 0 aliphatic carbocycles. The molecule has 14 nitrogen and oxygen atoms in total. The Morgan fingerprint density at radius 1 is 0.875 bits per heavy atom. The van der Waals surface area contributed by atoms with Gasteiger partial charge in [-0.3, -0.25) is 18.7 Å². The number of anilines is 1. The Kier molecular flexibility index (Phi) is 10.4. The van der Waals surface area contributed by atoms with E-state index >= 15 is 0 Å². The highest BCUT2D eigenvalue weighted by Crippen LogP contribution is 2.28. The molecule has 0 heterocycles. The maximum atomic E-state index is 12.0. The van der Waals surface area contributed by atoms with Gasteiger partial charge >= 0.3 is 11.9 Å². The minimum absolute atomic E-state index is 0.0651. The van der Waals surface area contributed by atoms with E-state index in [9.17, 15) is 34.8 Å². The summed E-state index contributed by atoms with van der Waals surface area (Å²) in [6.45, 7) is 1.79. The topological polar surface area (TPSA) is 256 Å². The number of rotatable bonds is 10. The van der Waals surface area contributed by atoms with Gasteiger partial charge in [0.1, 0.15) is 11.8 Å². The van der Waals surface area contributed by atoms with E-state index in [1.165, 1.54) is 36.4 Å². The van der Waals surface area contributed by atoms with Crippen LogP contribution in [0.3, 0.4) is 0 Å². The molecule has 0 aliphatic rings. The van der Waals surface area contributed by atoms with Gasteiger partial charge in [-0.1, -0.05) is 29.8 Å². The van der Waals surface area contributed by atoms with Gasteiger partial charge in [0, 0.05) is 17.7 Å². The van der Waals surface area contributed by atoms with Crippen LogP contribution in [0.15, 0.2) is 64.4 Å². The van der Waals surface area contributed by atoms with E-state index in [-0.39, 0.29) is 27.5 Å². The number of nitrogens with two attached hydrogens (primary N) is 1. The third-order valence-corrected chi connectivity index (χ3v) is 8.33. The summed E-state index contributed by atoms with van der Waals surface area (Å²) in [5.41, 5.74) is 6.87. The summed E-state index contributed by atoms with van der Waals surface area (Å²) < 4.78 is 87.9. The zero-order chi connectivity index (χ0) is 30.5. The van der Waals surface area contributed by atoms with Crippen LogP contribution in [0.5, 0.6) is 0 Å². The smallest absolute Gasteiger partial charge is 0.321 e. The van der Waals surface area contributed by atoms with Crippen molar-refractivity contribution in [1.82, 2.24) is 4.72 Å². The van der Waals surface area contributed by atoms with Crippen LogP contribution in [0, 0.1) is 6.92 Å². The third kappa shape index (κ3) is 9.54. The van der Waals surface area contributed by atoms with Gasteiger partial charge in [-0.15, -0.1) is 0 Å². The van der Waals surface area contributed by atoms with Gasteiger partial charge < -0.3 is 15.9 Å². The van der Waals surface area contributed by atoms with Gasteiger partial charge in [-0.25, -0.2) is 8.42 Å². The molecule has 0 aromatic heterocycles. The molecule has 1 atom stereocenters. The summed E-state index contributed by atoms with van der Waals surface area (Å²) in [6, 6.07) is 10.9. The van der Waals surface area contributed by atoms with E-state index in [1.807, 2.05) is 4.72 Å². The van der Waals surface area contributed by atoms with Crippen LogP contribution >= 0.6 is 0 Å². The average molecular weight is 619 g/mol. The molecule has 0 spiro atoms. The van der Waals surface area contributed by atoms with Crippen LogP contribution < -0.4 is 10.5 Å². The fourth-order valence-corrected chi connectivity index (χ4v) is 5.79. The van der Waals surface area contributed by atoms with Crippen LogP contribution in [0.1, 0.15) is 24.0 Å². The Hall–Kier alpha value is -3.61. The minimum Gasteiger partial charge on any atom is -0.481 e. The Balaban J connectivity index is 0.000000280. The predicted octanol–water partition coefficient (Wildman–Crippen LogP) is 1.65. The van der Waals surface area contributed by atoms with Gasteiger partial charge in [-0.05, 0) is 54.4 Å².